The number of aryl methyl sites for hydroxylation is 1. The number of pyridine rings is 1. The molecule has 0 unspecified atom stereocenters. The van der Waals surface area contributed by atoms with Crippen molar-refractivity contribution in [1.29, 1.82) is 0 Å². The molecule has 1 aromatic carbocycles. The summed E-state index contributed by atoms with van der Waals surface area (Å²) in [5, 5.41) is 0.188. The van der Waals surface area contributed by atoms with E-state index in [0.29, 0.717) is 5.56 Å². The monoisotopic (exact) mass is 318 g/mol. The van der Waals surface area contributed by atoms with Crippen LogP contribution in [0, 0.1) is 13.5 Å². The molecule has 3 rings (SSSR count). The van der Waals surface area contributed by atoms with Gasteiger partial charge in [-0.2, -0.15) is 13.2 Å². The van der Waals surface area contributed by atoms with Gasteiger partial charge in [-0.15, -0.1) is 11.3 Å². The van der Waals surface area contributed by atoms with Crippen molar-refractivity contribution >= 4 is 26.6 Å². The minimum atomic E-state index is -4.49. The van der Waals surface area contributed by atoms with Gasteiger partial charge in [0.1, 0.15) is 4.83 Å². The Hall–Kier alpha value is -2.39. The Morgan fingerprint density at radius 3 is 2.41 bits per heavy atom. The first-order valence-electron chi connectivity index (χ1n) is 6.35. The second-order valence-corrected chi connectivity index (χ2v) is 5.84. The van der Waals surface area contributed by atoms with Gasteiger partial charge in [0.15, 0.2) is 0 Å². The first-order chi connectivity index (χ1) is 10.4. The number of halogens is 3. The number of nitrogens with zero attached hydrogens (tertiary/aromatic N) is 2. The van der Waals surface area contributed by atoms with Crippen LogP contribution < -0.4 is 0 Å². The molecule has 2 heterocycles. The second kappa shape index (κ2) is 5.11. The molecule has 0 saturated heterocycles. The van der Waals surface area contributed by atoms with E-state index in [0.717, 1.165) is 23.0 Å². The Morgan fingerprint density at radius 2 is 1.82 bits per heavy atom. The molecule has 3 aromatic rings. The lowest BCUT2D eigenvalue weighted by molar-refractivity contribution is -0.136. The standard InChI is InChI=1S/C16H9F3N2S/c1-9-3-5-10(6-4-9)13-8-12(16(17,18)19)11-7-14(20-2)22-15(11)21-13/h3-8H,1H3. The minimum absolute atomic E-state index is 0.0145. The molecule has 0 N–H and O–H groups in total. The third-order valence-electron chi connectivity index (χ3n) is 3.26. The average Bonchev–Trinajstić information content (AvgIpc) is 2.88. The zero-order valence-electron chi connectivity index (χ0n) is 11.4. The highest BCUT2D eigenvalue weighted by molar-refractivity contribution is 7.22. The Balaban J connectivity index is 2.29. The molecule has 0 fully saturated rings. The molecule has 0 aliphatic rings. The SMILES string of the molecule is [C-]#[N+]c1cc2c(C(F)(F)F)cc(-c3ccc(C)cc3)nc2s1. The molecule has 2 aromatic heterocycles. The average molecular weight is 318 g/mol. The lowest BCUT2D eigenvalue weighted by atomic mass is 10.1. The predicted octanol–water partition coefficient (Wildman–Crippen LogP) is 5.84. The van der Waals surface area contributed by atoms with Gasteiger partial charge < -0.3 is 0 Å². The number of thiophene rings is 1. The number of rotatable bonds is 1. The number of aromatic nitrogens is 1. The molecule has 0 atom stereocenters. The molecule has 6 heteroatoms. The van der Waals surface area contributed by atoms with Gasteiger partial charge in [-0.3, -0.25) is 0 Å². The molecule has 0 amide bonds. The summed E-state index contributed by atoms with van der Waals surface area (Å²) in [7, 11) is 0. The number of benzene rings is 1. The van der Waals surface area contributed by atoms with Gasteiger partial charge in [0.2, 0.25) is 5.00 Å². The Morgan fingerprint density at radius 1 is 1.14 bits per heavy atom. The van der Waals surface area contributed by atoms with E-state index in [2.05, 4.69) is 9.83 Å². The Kier molecular flexibility index (Phi) is 3.38. The van der Waals surface area contributed by atoms with Crippen molar-refractivity contribution in [2.75, 3.05) is 0 Å². The van der Waals surface area contributed by atoms with E-state index in [4.69, 9.17) is 6.57 Å². The molecule has 22 heavy (non-hydrogen) atoms. The van der Waals surface area contributed by atoms with Gasteiger partial charge in [-0.05, 0) is 19.1 Å². The zero-order chi connectivity index (χ0) is 15.9. The van der Waals surface area contributed by atoms with Gasteiger partial charge in [0.25, 0.3) is 0 Å². The highest BCUT2D eigenvalue weighted by Crippen LogP contribution is 2.41. The summed E-state index contributed by atoms with van der Waals surface area (Å²) in [6.07, 6.45) is -4.49. The smallest absolute Gasteiger partial charge is 0.238 e. The molecule has 0 radical (unpaired) electrons. The van der Waals surface area contributed by atoms with E-state index in [-0.39, 0.29) is 20.9 Å². The summed E-state index contributed by atoms with van der Waals surface area (Å²) >= 11 is 0.974. The number of hydrogen-bond acceptors (Lipinski definition) is 2. The zero-order valence-corrected chi connectivity index (χ0v) is 12.2. The first kappa shape index (κ1) is 14.5. The normalized spacial score (nSPS) is 11.6. The first-order valence-corrected chi connectivity index (χ1v) is 7.16. The molecule has 0 bridgehead atoms. The maximum absolute atomic E-state index is 13.3. The molecule has 0 aliphatic carbocycles. The van der Waals surface area contributed by atoms with Crippen LogP contribution in [0.1, 0.15) is 11.1 Å². The van der Waals surface area contributed by atoms with Crippen molar-refractivity contribution in [2.24, 2.45) is 0 Å². The topological polar surface area (TPSA) is 17.2 Å². The van der Waals surface area contributed by atoms with E-state index in [1.54, 1.807) is 12.1 Å². The second-order valence-electron chi connectivity index (χ2n) is 4.83. The van der Waals surface area contributed by atoms with Crippen molar-refractivity contribution in [2.45, 2.75) is 13.1 Å². The van der Waals surface area contributed by atoms with Crippen LogP contribution in [0.3, 0.4) is 0 Å². The number of alkyl halides is 3. The fourth-order valence-electron chi connectivity index (χ4n) is 2.16. The summed E-state index contributed by atoms with van der Waals surface area (Å²) in [5.41, 5.74) is 1.15. The summed E-state index contributed by atoms with van der Waals surface area (Å²) in [6, 6.07) is 9.44. The van der Waals surface area contributed by atoms with Crippen molar-refractivity contribution in [3.8, 4) is 11.3 Å². The van der Waals surface area contributed by atoms with Crippen molar-refractivity contribution in [3.63, 3.8) is 0 Å². The summed E-state index contributed by atoms with van der Waals surface area (Å²) in [5.74, 6) is 0. The van der Waals surface area contributed by atoms with Crippen LogP contribution in [0.5, 0.6) is 0 Å². The van der Waals surface area contributed by atoms with Gasteiger partial charge in [0, 0.05) is 10.9 Å². The van der Waals surface area contributed by atoms with Crippen LogP contribution in [-0.4, -0.2) is 4.98 Å². The molecular weight excluding hydrogens is 309 g/mol. The summed E-state index contributed by atoms with van der Waals surface area (Å²) < 4.78 is 39.9. The van der Waals surface area contributed by atoms with Crippen molar-refractivity contribution in [1.82, 2.24) is 4.98 Å². The lowest BCUT2D eigenvalue weighted by Gasteiger charge is -2.10. The van der Waals surface area contributed by atoms with Crippen molar-refractivity contribution < 1.29 is 13.2 Å². The van der Waals surface area contributed by atoms with Gasteiger partial charge in [-0.25, -0.2) is 9.83 Å². The van der Waals surface area contributed by atoms with Crippen LogP contribution in [0.4, 0.5) is 18.2 Å². The molecule has 0 saturated carbocycles. The van der Waals surface area contributed by atoms with Gasteiger partial charge >= 0.3 is 6.18 Å². The maximum atomic E-state index is 13.3. The van der Waals surface area contributed by atoms with Crippen LogP contribution in [-0.2, 0) is 6.18 Å². The van der Waals surface area contributed by atoms with Gasteiger partial charge in [0.05, 0.1) is 17.8 Å². The quantitative estimate of drug-likeness (QED) is 0.515. The molecule has 2 nitrogen and oxygen atoms in total. The van der Waals surface area contributed by atoms with Gasteiger partial charge in [-0.1, -0.05) is 29.8 Å². The third kappa shape index (κ3) is 2.55. The lowest BCUT2D eigenvalue weighted by Crippen LogP contribution is -2.06. The number of fused-ring (bicyclic) bond motifs is 1. The largest absolute Gasteiger partial charge is 0.417 e. The van der Waals surface area contributed by atoms with Crippen molar-refractivity contribution in [3.05, 3.63) is 58.9 Å². The summed E-state index contributed by atoms with van der Waals surface area (Å²) in [4.78, 5) is 7.73. The molecule has 0 spiro atoms. The fourth-order valence-corrected chi connectivity index (χ4v) is 3.01. The Labute approximate surface area is 128 Å². The molecular formula is C16H9F3N2S. The van der Waals surface area contributed by atoms with E-state index < -0.39 is 11.7 Å². The predicted molar refractivity (Wildman–Crippen MR) is 81.1 cm³/mol. The summed E-state index contributed by atoms with van der Waals surface area (Å²) in [6.45, 7) is 8.88. The van der Waals surface area contributed by atoms with E-state index >= 15 is 0 Å². The highest BCUT2D eigenvalue weighted by Gasteiger charge is 2.34. The minimum Gasteiger partial charge on any atom is -0.238 e. The number of hydrogen-bond donors (Lipinski definition) is 0. The van der Waals surface area contributed by atoms with E-state index in [9.17, 15) is 13.2 Å². The maximum Gasteiger partial charge on any atom is 0.417 e. The fraction of sp³-hybridized carbons (Fsp3) is 0.125. The third-order valence-corrected chi connectivity index (χ3v) is 4.18. The van der Waals surface area contributed by atoms with Crippen LogP contribution in [0.25, 0.3) is 26.3 Å². The van der Waals surface area contributed by atoms with E-state index in [1.807, 2.05) is 19.1 Å². The molecule has 0 aliphatic heterocycles. The van der Waals surface area contributed by atoms with Crippen LogP contribution >= 0.6 is 11.3 Å². The van der Waals surface area contributed by atoms with Crippen LogP contribution in [0.2, 0.25) is 0 Å². The Bertz CT molecular complexity index is 887. The highest BCUT2D eigenvalue weighted by atomic mass is 32.1. The van der Waals surface area contributed by atoms with Crippen LogP contribution in [0.15, 0.2) is 36.4 Å². The van der Waals surface area contributed by atoms with E-state index in [1.165, 1.54) is 6.07 Å². The molecule has 110 valence electrons.